The van der Waals surface area contributed by atoms with Crippen molar-refractivity contribution in [1.82, 2.24) is 4.57 Å². The lowest BCUT2D eigenvalue weighted by Gasteiger charge is -2.13. The Morgan fingerprint density at radius 2 is 1.79 bits per heavy atom. The van der Waals surface area contributed by atoms with E-state index in [1.807, 2.05) is 24.3 Å². The zero-order valence-electron chi connectivity index (χ0n) is 18.0. The number of amides is 1. The SMILES string of the molecule is N=C(N)c1ccc(NC(=O)c2cc(Cl)ccc2NCc2ccc3c(ccn3CC(=O)O)c2)cc1. The van der Waals surface area contributed by atoms with E-state index in [9.17, 15) is 9.59 Å². The number of amidine groups is 1. The number of carboxylic acid groups (broad SMARTS) is 1. The van der Waals surface area contributed by atoms with E-state index in [1.54, 1.807) is 53.2 Å². The molecule has 0 saturated carbocycles. The number of hydrogen-bond donors (Lipinski definition) is 5. The lowest BCUT2D eigenvalue weighted by atomic mass is 10.1. The van der Waals surface area contributed by atoms with Crippen molar-refractivity contribution in [3.05, 3.63) is 94.6 Å². The monoisotopic (exact) mass is 475 g/mol. The molecule has 6 N–H and O–H groups in total. The normalized spacial score (nSPS) is 10.7. The number of carbonyl (C=O) groups excluding carboxylic acids is 1. The molecular formula is C25H22ClN5O3. The molecule has 172 valence electrons. The number of carbonyl (C=O) groups is 2. The van der Waals surface area contributed by atoms with Crippen molar-refractivity contribution in [2.45, 2.75) is 13.1 Å². The number of aliphatic carboxylic acids is 1. The molecule has 0 unspecified atom stereocenters. The smallest absolute Gasteiger partial charge is 0.323 e. The van der Waals surface area contributed by atoms with Gasteiger partial charge >= 0.3 is 5.97 Å². The van der Waals surface area contributed by atoms with Crippen LogP contribution in [-0.2, 0) is 17.9 Å². The highest BCUT2D eigenvalue weighted by Gasteiger charge is 2.13. The van der Waals surface area contributed by atoms with Crippen LogP contribution in [0.4, 0.5) is 11.4 Å². The predicted molar refractivity (Wildman–Crippen MR) is 134 cm³/mol. The Labute approximate surface area is 200 Å². The van der Waals surface area contributed by atoms with Crippen LogP contribution in [0, 0.1) is 5.41 Å². The largest absolute Gasteiger partial charge is 0.480 e. The molecule has 34 heavy (non-hydrogen) atoms. The maximum Gasteiger partial charge on any atom is 0.323 e. The minimum absolute atomic E-state index is 0.0455. The molecule has 0 bridgehead atoms. The van der Waals surface area contributed by atoms with Crippen LogP contribution in [0.25, 0.3) is 10.9 Å². The van der Waals surface area contributed by atoms with Crippen LogP contribution in [0.2, 0.25) is 5.02 Å². The number of hydrogen-bond acceptors (Lipinski definition) is 4. The second kappa shape index (κ2) is 9.68. The molecule has 4 rings (SSSR count). The van der Waals surface area contributed by atoms with Crippen molar-refractivity contribution in [2.75, 3.05) is 10.6 Å². The highest BCUT2D eigenvalue weighted by molar-refractivity contribution is 6.31. The molecule has 0 aliphatic heterocycles. The van der Waals surface area contributed by atoms with Gasteiger partial charge in [-0.3, -0.25) is 15.0 Å². The number of nitrogen functional groups attached to an aromatic ring is 1. The summed E-state index contributed by atoms with van der Waals surface area (Å²) in [5, 5.41) is 24.0. The molecular weight excluding hydrogens is 454 g/mol. The van der Waals surface area contributed by atoms with Gasteiger partial charge in [-0.1, -0.05) is 17.7 Å². The first-order valence-corrected chi connectivity index (χ1v) is 10.8. The summed E-state index contributed by atoms with van der Waals surface area (Å²) in [5.41, 5.74) is 9.43. The van der Waals surface area contributed by atoms with Crippen LogP contribution in [-0.4, -0.2) is 27.4 Å². The van der Waals surface area contributed by atoms with Gasteiger partial charge in [0.2, 0.25) is 0 Å². The summed E-state index contributed by atoms with van der Waals surface area (Å²) in [6.07, 6.45) is 1.75. The van der Waals surface area contributed by atoms with Gasteiger partial charge in [0, 0.05) is 40.2 Å². The maximum atomic E-state index is 13.0. The number of rotatable bonds is 8. The highest BCUT2D eigenvalue weighted by Crippen LogP contribution is 2.24. The Morgan fingerprint density at radius 1 is 1.03 bits per heavy atom. The van der Waals surface area contributed by atoms with Crippen molar-refractivity contribution in [3.8, 4) is 0 Å². The molecule has 1 heterocycles. The molecule has 1 aromatic heterocycles. The molecule has 0 spiro atoms. The number of benzene rings is 3. The molecule has 0 saturated heterocycles. The third-order valence-corrected chi connectivity index (χ3v) is 5.54. The fourth-order valence-electron chi connectivity index (χ4n) is 3.63. The average Bonchev–Trinajstić information content (AvgIpc) is 3.19. The number of fused-ring (bicyclic) bond motifs is 1. The molecule has 0 aliphatic rings. The molecule has 8 nitrogen and oxygen atoms in total. The van der Waals surface area contributed by atoms with Gasteiger partial charge in [-0.2, -0.15) is 0 Å². The Bertz CT molecular complexity index is 1400. The third-order valence-electron chi connectivity index (χ3n) is 5.30. The van der Waals surface area contributed by atoms with E-state index < -0.39 is 5.97 Å². The number of anilines is 2. The third kappa shape index (κ3) is 5.19. The summed E-state index contributed by atoms with van der Waals surface area (Å²) >= 11 is 6.15. The molecule has 1 amide bonds. The van der Waals surface area contributed by atoms with E-state index in [2.05, 4.69) is 10.6 Å². The highest BCUT2D eigenvalue weighted by atomic mass is 35.5. The van der Waals surface area contributed by atoms with Gasteiger partial charge < -0.3 is 26.0 Å². The number of aromatic nitrogens is 1. The number of carboxylic acids is 1. The number of nitrogens with zero attached hydrogens (tertiary/aromatic N) is 1. The van der Waals surface area contributed by atoms with Crippen LogP contribution < -0.4 is 16.4 Å². The first-order valence-electron chi connectivity index (χ1n) is 10.4. The quantitative estimate of drug-likeness (QED) is 0.188. The Kier molecular flexibility index (Phi) is 6.51. The second-order valence-electron chi connectivity index (χ2n) is 7.72. The zero-order valence-corrected chi connectivity index (χ0v) is 18.8. The van der Waals surface area contributed by atoms with Crippen LogP contribution in [0.3, 0.4) is 0 Å². The van der Waals surface area contributed by atoms with Gasteiger partial charge in [0.25, 0.3) is 5.91 Å². The van der Waals surface area contributed by atoms with Gasteiger partial charge in [-0.15, -0.1) is 0 Å². The van der Waals surface area contributed by atoms with Crippen LogP contribution in [0.15, 0.2) is 72.9 Å². The lowest BCUT2D eigenvalue weighted by Crippen LogP contribution is -2.15. The van der Waals surface area contributed by atoms with Gasteiger partial charge in [0.05, 0.1) is 5.56 Å². The summed E-state index contributed by atoms with van der Waals surface area (Å²) in [5.74, 6) is -1.27. The maximum absolute atomic E-state index is 13.0. The van der Waals surface area contributed by atoms with Crippen molar-refractivity contribution >= 4 is 51.6 Å². The molecule has 0 fully saturated rings. The summed E-state index contributed by atoms with van der Waals surface area (Å²) in [6.45, 7) is 0.358. The van der Waals surface area contributed by atoms with E-state index in [1.165, 1.54) is 0 Å². The summed E-state index contributed by atoms with van der Waals surface area (Å²) in [4.78, 5) is 24.0. The molecule has 0 radical (unpaired) electrons. The van der Waals surface area contributed by atoms with Gasteiger partial charge in [0.15, 0.2) is 0 Å². The van der Waals surface area contributed by atoms with Gasteiger partial charge in [0.1, 0.15) is 12.4 Å². The molecule has 0 aliphatic carbocycles. The fraction of sp³-hybridized carbons (Fsp3) is 0.0800. The van der Waals surface area contributed by atoms with Gasteiger partial charge in [-0.25, -0.2) is 0 Å². The first-order chi connectivity index (χ1) is 16.3. The van der Waals surface area contributed by atoms with Gasteiger partial charge in [-0.05, 0) is 71.6 Å². The molecule has 3 aromatic carbocycles. The first kappa shape index (κ1) is 22.9. The fourth-order valence-corrected chi connectivity index (χ4v) is 3.80. The summed E-state index contributed by atoms with van der Waals surface area (Å²) < 4.78 is 1.68. The predicted octanol–water partition coefficient (Wildman–Crippen LogP) is 4.53. The average molecular weight is 476 g/mol. The number of nitrogens with one attached hydrogen (secondary N) is 3. The standard InChI is InChI=1S/C25H22ClN5O3/c26-18-4-7-21(20(12-18)25(34)30-19-5-2-16(3-6-19)24(27)28)29-13-15-1-8-22-17(11-15)9-10-31(22)14-23(32)33/h1-12,29H,13-14H2,(H3,27,28)(H,30,34)(H,32,33). The van der Waals surface area contributed by atoms with E-state index in [4.69, 9.17) is 27.9 Å². The second-order valence-corrected chi connectivity index (χ2v) is 8.16. The lowest BCUT2D eigenvalue weighted by molar-refractivity contribution is -0.137. The number of halogens is 1. The Balaban J connectivity index is 1.50. The molecule has 9 heteroatoms. The van der Waals surface area contributed by atoms with Crippen LogP contribution >= 0.6 is 11.6 Å². The Hall–Kier alpha value is -4.30. The van der Waals surface area contributed by atoms with E-state index in [-0.39, 0.29) is 18.3 Å². The Morgan fingerprint density at radius 3 is 2.50 bits per heavy atom. The molecule has 4 aromatic rings. The summed E-state index contributed by atoms with van der Waals surface area (Å²) in [7, 11) is 0. The van der Waals surface area contributed by atoms with Crippen molar-refractivity contribution < 1.29 is 14.7 Å². The van der Waals surface area contributed by atoms with Crippen molar-refractivity contribution in [2.24, 2.45) is 5.73 Å². The minimum Gasteiger partial charge on any atom is -0.480 e. The summed E-state index contributed by atoms with van der Waals surface area (Å²) in [6, 6.07) is 19.4. The van der Waals surface area contributed by atoms with Crippen molar-refractivity contribution in [1.29, 1.82) is 5.41 Å². The van der Waals surface area contributed by atoms with Crippen LogP contribution in [0.1, 0.15) is 21.5 Å². The zero-order chi connectivity index (χ0) is 24.2. The molecule has 0 atom stereocenters. The van der Waals surface area contributed by atoms with Crippen molar-refractivity contribution in [3.63, 3.8) is 0 Å². The number of nitrogens with two attached hydrogens (primary N) is 1. The van der Waals surface area contributed by atoms with Crippen LogP contribution in [0.5, 0.6) is 0 Å². The minimum atomic E-state index is -0.897. The van der Waals surface area contributed by atoms with E-state index >= 15 is 0 Å². The van der Waals surface area contributed by atoms with E-state index in [0.29, 0.717) is 34.1 Å². The van der Waals surface area contributed by atoms with E-state index in [0.717, 1.165) is 16.5 Å². The topological polar surface area (TPSA) is 133 Å².